The van der Waals surface area contributed by atoms with Gasteiger partial charge in [0.15, 0.2) is 0 Å². The maximum Gasteiger partial charge on any atom is 0.224 e. The second-order valence-electron chi connectivity index (χ2n) is 2.96. The summed E-state index contributed by atoms with van der Waals surface area (Å²) >= 11 is 5.71. The third kappa shape index (κ3) is 2.92. The summed E-state index contributed by atoms with van der Waals surface area (Å²) in [6.07, 6.45) is 1.21. The van der Waals surface area contributed by atoms with Crippen LogP contribution in [0.2, 0.25) is 5.02 Å². The highest BCUT2D eigenvalue weighted by molar-refractivity contribution is 6.31. The molecule has 0 spiro atoms. The Hall–Kier alpha value is -1.22. The average molecular weight is 214 g/mol. The lowest BCUT2D eigenvalue weighted by Crippen LogP contribution is -2.10. The number of amides is 1. The van der Waals surface area contributed by atoms with E-state index in [9.17, 15) is 9.90 Å². The number of phenolic OH excluding ortho intramolecular Hbond substituents is 1. The Labute approximate surface area is 87.7 Å². The van der Waals surface area contributed by atoms with E-state index in [0.29, 0.717) is 17.1 Å². The number of carbonyl (C=O) groups excluding carboxylic acids is 1. The summed E-state index contributed by atoms with van der Waals surface area (Å²) in [6, 6.07) is 4.53. The van der Waals surface area contributed by atoms with E-state index in [1.54, 1.807) is 6.07 Å². The van der Waals surface area contributed by atoms with Gasteiger partial charge in [0.05, 0.1) is 5.69 Å². The van der Waals surface area contributed by atoms with Crippen molar-refractivity contribution in [3.63, 3.8) is 0 Å². The molecule has 0 unspecified atom stereocenters. The van der Waals surface area contributed by atoms with Crippen LogP contribution in [-0.2, 0) is 4.79 Å². The van der Waals surface area contributed by atoms with E-state index in [-0.39, 0.29) is 11.7 Å². The zero-order chi connectivity index (χ0) is 10.6. The molecule has 0 aliphatic rings. The molecule has 1 rings (SSSR count). The SMILES string of the molecule is CCCC(=O)Nc1cc(Cl)ccc1O. The first-order valence-corrected chi connectivity index (χ1v) is 4.79. The second kappa shape index (κ2) is 4.86. The molecule has 76 valence electrons. The van der Waals surface area contributed by atoms with Crippen LogP contribution in [0.25, 0.3) is 0 Å². The lowest BCUT2D eigenvalue weighted by molar-refractivity contribution is -0.116. The number of hydrogen-bond acceptors (Lipinski definition) is 2. The molecule has 0 atom stereocenters. The lowest BCUT2D eigenvalue weighted by atomic mass is 10.2. The highest BCUT2D eigenvalue weighted by atomic mass is 35.5. The fourth-order valence-electron chi connectivity index (χ4n) is 1.05. The molecule has 0 heterocycles. The molecule has 2 N–H and O–H groups in total. The summed E-state index contributed by atoms with van der Waals surface area (Å²) in [4.78, 5) is 11.2. The molecule has 0 aliphatic carbocycles. The van der Waals surface area contributed by atoms with E-state index in [0.717, 1.165) is 6.42 Å². The van der Waals surface area contributed by atoms with Gasteiger partial charge < -0.3 is 10.4 Å². The first-order valence-electron chi connectivity index (χ1n) is 4.42. The molecule has 0 saturated heterocycles. The molecule has 0 radical (unpaired) electrons. The fourth-order valence-corrected chi connectivity index (χ4v) is 1.22. The fraction of sp³-hybridized carbons (Fsp3) is 0.300. The Bertz CT molecular complexity index is 339. The molecule has 0 fully saturated rings. The number of rotatable bonds is 3. The van der Waals surface area contributed by atoms with Gasteiger partial charge in [-0.1, -0.05) is 18.5 Å². The van der Waals surface area contributed by atoms with Crippen molar-refractivity contribution in [2.45, 2.75) is 19.8 Å². The number of hydrogen-bond donors (Lipinski definition) is 2. The molecule has 0 aromatic heterocycles. The van der Waals surface area contributed by atoms with Crippen molar-refractivity contribution >= 4 is 23.2 Å². The second-order valence-corrected chi connectivity index (χ2v) is 3.40. The first kappa shape index (κ1) is 10.9. The zero-order valence-corrected chi connectivity index (χ0v) is 8.64. The third-order valence-corrected chi connectivity index (χ3v) is 1.94. The van der Waals surface area contributed by atoms with Gasteiger partial charge >= 0.3 is 0 Å². The largest absolute Gasteiger partial charge is 0.506 e. The summed E-state index contributed by atoms with van der Waals surface area (Å²) in [5.74, 6) is -0.0936. The maximum atomic E-state index is 11.2. The van der Waals surface area contributed by atoms with Gasteiger partial charge in [-0.15, -0.1) is 0 Å². The van der Waals surface area contributed by atoms with Crippen LogP contribution in [0.4, 0.5) is 5.69 Å². The van der Waals surface area contributed by atoms with Crippen molar-refractivity contribution < 1.29 is 9.90 Å². The predicted molar refractivity (Wildman–Crippen MR) is 56.7 cm³/mol. The minimum Gasteiger partial charge on any atom is -0.506 e. The minimum absolute atomic E-state index is 0.0267. The number of benzene rings is 1. The van der Waals surface area contributed by atoms with Crippen LogP contribution in [0.15, 0.2) is 18.2 Å². The van der Waals surface area contributed by atoms with Gasteiger partial charge in [0.2, 0.25) is 5.91 Å². The van der Waals surface area contributed by atoms with Crippen LogP contribution >= 0.6 is 11.6 Å². The lowest BCUT2D eigenvalue weighted by Gasteiger charge is -2.06. The Morgan fingerprint density at radius 3 is 2.93 bits per heavy atom. The van der Waals surface area contributed by atoms with Gasteiger partial charge in [0.1, 0.15) is 5.75 Å². The summed E-state index contributed by atoms with van der Waals surface area (Å²) in [5.41, 5.74) is 0.357. The van der Waals surface area contributed by atoms with Crippen molar-refractivity contribution in [3.05, 3.63) is 23.2 Å². The molecule has 1 aromatic rings. The molecule has 0 saturated carbocycles. The van der Waals surface area contributed by atoms with E-state index in [2.05, 4.69) is 5.32 Å². The first-order chi connectivity index (χ1) is 6.63. The van der Waals surface area contributed by atoms with Crippen LogP contribution in [-0.4, -0.2) is 11.0 Å². The Morgan fingerprint density at radius 2 is 2.29 bits per heavy atom. The van der Waals surface area contributed by atoms with Gasteiger partial charge in [-0.05, 0) is 24.6 Å². The van der Waals surface area contributed by atoms with Gasteiger partial charge in [-0.25, -0.2) is 0 Å². The summed E-state index contributed by atoms with van der Waals surface area (Å²) in [7, 11) is 0. The van der Waals surface area contributed by atoms with Gasteiger partial charge in [-0.3, -0.25) is 4.79 Å². The number of nitrogens with one attached hydrogen (secondary N) is 1. The smallest absolute Gasteiger partial charge is 0.224 e. The quantitative estimate of drug-likeness (QED) is 0.759. The summed E-state index contributed by atoms with van der Waals surface area (Å²) in [6.45, 7) is 1.91. The van der Waals surface area contributed by atoms with Gasteiger partial charge in [0.25, 0.3) is 0 Å². The molecule has 0 aliphatic heterocycles. The topological polar surface area (TPSA) is 49.3 Å². The molecular formula is C10H12ClNO2. The normalized spacial score (nSPS) is 9.86. The van der Waals surface area contributed by atoms with Crippen LogP contribution < -0.4 is 5.32 Å². The van der Waals surface area contributed by atoms with Crippen LogP contribution in [0, 0.1) is 0 Å². The highest BCUT2D eigenvalue weighted by Crippen LogP contribution is 2.26. The Kier molecular flexibility index (Phi) is 3.77. The third-order valence-electron chi connectivity index (χ3n) is 1.71. The number of halogens is 1. The maximum absolute atomic E-state index is 11.2. The van der Waals surface area contributed by atoms with Crippen LogP contribution in [0.5, 0.6) is 5.75 Å². The van der Waals surface area contributed by atoms with E-state index < -0.39 is 0 Å². The Balaban J connectivity index is 2.75. The van der Waals surface area contributed by atoms with E-state index >= 15 is 0 Å². The molecule has 14 heavy (non-hydrogen) atoms. The monoisotopic (exact) mass is 213 g/mol. The predicted octanol–water partition coefficient (Wildman–Crippen LogP) is 2.78. The molecule has 4 heteroatoms. The van der Waals surface area contributed by atoms with Crippen molar-refractivity contribution in [2.24, 2.45) is 0 Å². The average Bonchev–Trinajstić information content (AvgIpc) is 2.12. The van der Waals surface area contributed by atoms with E-state index in [1.807, 2.05) is 6.92 Å². The van der Waals surface area contributed by atoms with Crippen molar-refractivity contribution in [1.29, 1.82) is 0 Å². The van der Waals surface area contributed by atoms with Crippen molar-refractivity contribution in [2.75, 3.05) is 5.32 Å². The highest BCUT2D eigenvalue weighted by Gasteiger charge is 2.05. The van der Waals surface area contributed by atoms with E-state index in [1.165, 1.54) is 12.1 Å². The van der Waals surface area contributed by atoms with Crippen molar-refractivity contribution in [1.82, 2.24) is 0 Å². The van der Waals surface area contributed by atoms with Gasteiger partial charge in [-0.2, -0.15) is 0 Å². The van der Waals surface area contributed by atoms with Gasteiger partial charge in [0, 0.05) is 11.4 Å². The molecule has 1 aromatic carbocycles. The molecule has 0 bridgehead atoms. The summed E-state index contributed by atoms with van der Waals surface area (Å²) in [5, 5.41) is 12.4. The number of anilines is 1. The number of aromatic hydroxyl groups is 1. The standard InChI is InChI=1S/C10H12ClNO2/c1-2-3-10(14)12-8-6-7(11)4-5-9(8)13/h4-6,13H,2-3H2,1H3,(H,12,14). The number of phenols is 1. The van der Waals surface area contributed by atoms with Crippen LogP contribution in [0.3, 0.4) is 0 Å². The number of carbonyl (C=O) groups is 1. The van der Waals surface area contributed by atoms with Crippen molar-refractivity contribution in [3.8, 4) is 5.75 Å². The molecule has 3 nitrogen and oxygen atoms in total. The minimum atomic E-state index is -0.120. The zero-order valence-electron chi connectivity index (χ0n) is 7.88. The Morgan fingerprint density at radius 1 is 1.57 bits per heavy atom. The van der Waals surface area contributed by atoms with E-state index in [4.69, 9.17) is 11.6 Å². The van der Waals surface area contributed by atoms with Crippen LogP contribution in [0.1, 0.15) is 19.8 Å². The molecule has 1 amide bonds. The molecular weight excluding hydrogens is 202 g/mol. The summed E-state index contributed by atoms with van der Waals surface area (Å²) < 4.78 is 0.